The zero-order valence-corrected chi connectivity index (χ0v) is 9.33. The molecule has 2 aliphatic heterocycles. The first-order valence-electron chi connectivity index (χ1n) is 5.88. The van der Waals surface area contributed by atoms with Crippen LogP contribution in [-0.4, -0.2) is 37.9 Å². The molecule has 0 saturated carbocycles. The SMILES string of the molecule is NC(C(F)F)C1CCOC2(CCOCC2)C1. The van der Waals surface area contributed by atoms with Gasteiger partial charge in [-0.05, 0) is 31.6 Å². The van der Waals surface area contributed by atoms with Crippen molar-refractivity contribution in [1.82, 2.24) is 0 Å². The van der Waals surface area contributed by atoms with E-state index in [9.17, 15) is 8.78 Å². The molecule has 2 heterocycles. The molecule has 1 spiro atoms. The maximum atomic E-state index is 12.6. The third-order valence-electron chi connectivity index (χ3n) is 3.77. The fourth-order valence-electron chi connectivity index (χ4n) is 2.69. The Hall–Kier alpha value is -0.260. The molecule has 0 amide bonds. The van der Waals surface area contributed by atoms with E-state index in [1.165, 1.54) is 0 Å². The van der Waals surface area contributed by atoms with Crippen molar-refractivity contribution >= 4 is 0 Å². The minimum Gasteiger partial charge on any atom is -0.381 e. The van der Waals surface area contributed by atoms with Gasteiger partial charge in [-0.1, -0.05) is 0 Å². The van der Waals surface area contributed by atoms with E-state index >= 15 is 0 Å². The molecule has 2 rings (SSSR count). The molecule has 94 valence electrons. The summed E-state index contributed by atoms with van der Waals surface area (Å²) >= 11 is 0. The maximum absolute atomic E-state index is 12.6. The Bertz CT molecular complexity index is 227. The van der Waals surface area contributed by atoms with E-state index in [0.29, 0.717) is 32.7 Å². The fraction of sp³-hybridized carbons (Fsp3) is 1.00. The first-order valence-corrected chi connectivity index (χ1v) is 5.88. The molecule has 3 nitrogen and oxygen atoms in total. The van der Waals surface area contributed by atoms with Gasteiger partial charge in [-0.3, -0.25) is 0 Å². The third kappa shape index (κ3) is 2.52. The smallest absolute Gasteiger partial charge is 0.253 e. The molecule has 0 aliphatic carbocycles. The highest BCUT2D eigenvalue weighted by molar-refractivity contribution is 4.92. The van der Waals surface area contributed by atoms with Crippen molar-refractivity contribution in [2.75, 3.05) is 19.8 Å². The summed E-state index contributed by atoms with van der Waals surface area (Å²) in [6, 6.07) is -1.01. The number of ether oxygens (including phenoxy) is 2. The van der Waals surface area contributed by atoms with Crippen molar-refractivity contribution in [3.63, 3.8) is 0 Å². The van der Waals surface area contributed by atoms with Crippen LogP contribution in [0.5, 0.6) is 0 Å². The summed E-state index contributed by atoms with van der Waals surface area (Å²) in [5.41, 5.74) is 5.30. The Morgan fingerprint density at radius 3 is 2.50 bits per heavy atom. The number of rotatable bonds is 2. The second-order valence-corrected chi connectivity index (χ2v) is 4.81. The highest BCUT2D eigenvalue weighted by atomic mass is 19.3. The monoisotopic (exact) mass is 235 g/mol. The normalized spacial score (nSPS) is 31.9. The number of hydrogen-bond donors (Lipinski definition) is 1. The molecular formula is C11H19F2NO2. The van der Waals surface area contributed by atoms with Crippen LogP contribution >= 0.6 is 0 Å². The largest absolute Gasteiger partial charge is 0.381 e. The summed E-state index contributed by atoms with van der Waals surface area (Å²) in [7, 11) is 0. The molecule has 2 saturated heterocycles. The first kappa shape index (κ1) is 12.2. The van der Waals surface area contributed by atoms with E-state index < -0.39 is 12.5 Å². The molecule has 0 bridgehead atoms. The molecule has 0 aromatic heterocycles. The standard InChI is InChI=1S/C11H19F2NO2/c12-10(13)9(14)8-1-4-16-11(7-8)2-5-15-6-3-11/h8-10H,1-7,14H2. The number of hydrogen-bond acceptors (Lipinski definition) is 3. The molecule has 0 aromatic rings. The van der Waals surface area contributed by atoms with Gasteiger partial charge in [-0.15, -0.1) is 0 Å². The van der Waals surface area contributed by atoms with Crippen molar-refractivity contribution < 1.29 is 18.3 Å². The quantitative estimate of drug-likeness (QED) is 0.790. The van der Waals surface area contributed by atoms with Crippen LogP contribution < -0.4 is 5.73 Å². The molecule has 2 fully saturated rings. The fourth-order valence-corrected chi connectivity index (χ4v) is 2.69. The lowest BCUT2D eigenvalue weighted by Crippen LogP contribution is -2.49. The lowest BCUT2D eigenvalue weighted by molar-refractivity contribution is -0.153. The summed E-state index contributed by atoms with van der Waals surface area (Å²) < 4.78 is 36.2. The number of halogens is 2. The van der Waals surface area contributed by atoms with Gasteiger partial charge < -0.3 is 15.2 Å². The van der Waals surface area contributed by atoms with E-state index in [2.05, 4.69) is 0 Å². The molecule has 2 unspecified atom stereocenters. The zero-order valence-electron chi connectivity index (χ0n) is 9.33. The predicted molar refractivity (Wildman–Crippen MR) is 55.4 cm³/mol. The Morgan fingerprint density at radius 1 is 1.19 bits per heavy atom. The summed E-state index contributed by atoms with van der Waals surface area (Å²) in [6.45, 7) is 1.87. The Balaban J connectivity index is 1.97. The topological polar surface area (TPSA) is 44.5 Å². The van der Waals surface area contributed by atoms with Gasteiger partial charge in [-0.2, -0.15) is 0 Å². The molecule has 2 atom stereocenters. The predicted octanol–water partition coefficient (Wildman–Crippen LogP) is 1.55. The molecule has 0 aromatic carbocycles. The van der Waals surface area contributed by atoms with Gasteiger partial charge in [0.2, 0.25) is 0 Å². The van der Waals surface area contributed by atoms with Gasteiger partial charge in [0.1, 0.15) is 0 Å². The molecule has 2 aliphatic rings. The van der Waals surface area contributed by atoms with Crippen molar-refractivity contribution in [1.29, 1.82) is 0 Å². The van der Waals surface area contributed by atoms with Gasteiger partial charge in [0.15, 0.2) is 0 Å². The van der Waals surface area contributed by atoms with Crippen LogP contribution in [0.1, 0.15) is 25.7 Å². The van der Waals surface area contributed by atoms with Crippen LogP contribution in [-0.2, 0) is 9.47 Å². The second kappa shape index (κ2) is 4.94. The lowest BCUT2D eigenvalue weighted by Gasteiger charge is -2.44. The van der Waals surface area contributed by atoms with Crippen LogP contribution in [0.15, 0.2) is 0 Å². The van der Waals surface area contributed by atoms with Crippen molar-refractivity contribution in [3.05, 3.63) is 0 Å². The Morgan fingerprint density at radius 2 is 1.88 bits per heavy atom. The van der Waals surface area contributed by atoms with E-state index in [1.54, 1.807) is 0 Å². The van der Waals surface area contributed by atoms with Crippen LogP contribution in [0.25, 0.3) is 0 Å². The van der Waals surface area contributed by atoms with E-state index in [1.807, 2.05) is 0 Å². The van der Waals surface area contributed by atoms with Crippen molar-refractivity contribution in [3.8, 4) is 0 Å². The van der Waals surface area contributed by atoms with Gasteiger partial charge >= 0.3 is 0 Å². The maximum Gasteiger partial charge on any atom is 0.253 e. The Kier molecular flexibility index (Phi) is 3.77. The van der Waals surface area contributed by atoms with E-state index in [0.717, 1.165) is 12.8 Å². The van der Waals surface area contributed by atoms with Crippen LogP contribution in [0.2, 0.25) is 0 Å². The van der Waals surface area contributed by atoms with Gasteiger partial charge in [0.25, 0.3) is 6.43 Å². The summed E-state index contributed by atoms with van der Waals surface area (Å²) in [5.74, 6) is -0.119. The van der Waals surface area contributed by atoms with Gasteiger partial charge in [0.05, 0.1) is 11.6 Å². The zero-order chi connectivity index (χ0) is 11.6. The first-order chi connectivity index (χ1) is 7.63. The number of nitrogens with two attached hydrogens (primary N) is 1. The second-order valence-electron chi connectivity index (χ2n) is 4.81. The minimum atomic E-state index is -2.43. The third-order valence-corrected chi connectivity index (χ3v) is 3.77. The molecular weight excluding hydrogens is 216 g/mol. The molecule has 5 heteroatoms. The Labute approximate surface area is 94.3 Å². The average Bonchev–Trinajstić information content (AvgIpc) is 2.29. The minimum absolute atomic E-state index is 0.119. The highest BCUT2D eigenvalue weighted by Crippen LogP contribution is 2.38. The lowest BCUT2D eigenvalue weighted by atomic mass is 9.78. The highest BCUT2D eigenvalue weighted by Gasteiger charge is 2.42. The molecule has 2 N–H and O–H groups in total. The van der Waals surface area contributed by atoms with Crippen LogP contribution in [0.4, 0.5) is 8.78 Å². The van der Waals surface area contributed by atoms with Gasteiger partial charge in [-0.25, -0.2) is 8.78 Å². The van der Waals surface area contributed by atoms with Crippen LogP contribution in [0, 0.1) is 5.92 Å². The van der Waals surface area contributed by atoms with Crippen LogP contribution in [0.3, 0.4) is 0 Å². The van der Waals surface area contributed by atoms with E-state index in [-0.39, 0.29) is 11.5 Å². The molecule has 16 heavy (non-hydrogen) atoms. The summed E-state index contributed by atoms with van der Waals surface area (Å²) in [6.07, 6.45) is 0.481. The molecule has 0 radical (unpaired) electrons. The average molecular weight is 235 g/mol. The van der Waals surface area contributed by atoms with E-state index in [4.69, 9.17) is 15.2 Å². The number of alkyl halides is 2. The summed E-state index contributed by atoms with van der Waals surface area (Å²) in [5, 5.41) is 0. The van der Waals surface area contributed by atoms with Crippen molar-refractivity contribution in [2.45, 2.75) is 43.8 Å². The van der Waals surface area contributed by atoms with Gasteiger partial charge in [0, 0.05) is 19.8 Å². The summed E-state index contributed by atoms with van der Waals surface area (Å²) in [4.78, 5) is 0. The van der Waals surface area contributed by atoms with Crippen molar-refractivity contribution in [2.24, 2.45) is 11.7 Å².